The fourth-order valence-corrected chi connectivity index (χ4v) is 2.77. The molecule has 0 aliphatic heterocycles. The van der Waals surface area contributed by atoms with Gasteiger partial charge in [0.2, 0.25) is 0 Å². The van der Waals surface area contributed by atoms with E-state index in [0.29, 0.717) is 10.2 Å². The highest BCUT2D eigenvalue weighted by Gasteiger charge is 2.07. The van der Waals surface area contributed by atoms with Gasteiger partial charge in [-0.2, -0.15) is 0 Å². The third-order valence-corrected chi connectivity index (χ3v) is 3.55. The van der Waals surface area contributed by atoms with Gasteiger partial charge in [0.25, 0.3) is 5.56 Å². The van der Waals surface area contributed by atoms with Gasteiger partial charge in [0.1, 0.15) is 0 Å². The highest BCUT2D eigenvalue weighted by molar-refractivity contribution is 7.71. The summed E-state index contributed by atoms with van der Waals surface area (Å²) in [5, 5.41) is 0.639. The molecule has 0 spiro atoms. The van der Waals surface area contributed by atoms with E-state index in [9.17, 15) is 4.79 Å². The summed E-state index contributed by atoms with van der Waals surface area (Å²) < 4.78 is 1.97. The molecule has 1 heterocycles. The molecular formula is C16H14N2OS. The number of fused-ring (bicyclic) bond motifs is 1. The maximum atomic E-state index is 12.6. The monoisotopic (exact) mass is 282 g/mol. The predicted molar refractivity (Wildman–Crippen MR) is 84.2 cm³/mol. The number of para-hydroxylation sites is 1. The molecule has 0 bridgehead atoms. The van der Waals surface area contributed by atoms with Crippen molar-refractivity contribution in [2.24, 2.45) is 0 Å². The Hall–Kier alpha value is -2.20. The molecule has 4 heteroatoms. The zero-order valence-corrected chi connectivity index (χ0v) is 12.1. The average molecular weight is 282 g/mol. The van der Waals surface area contributed by atoms with Gasteiger partial charge in [0.05, 0.1) is 16.6 Å². The Balaban J connectivity index is 2.42. The second-order valence-electron chi connectivity index (χ2n) is 4.96. The lowest BCUT2D eigenvalue weighted by Gasteiger charge is -2.10. The molecule has 2 aromatic carbocycles. The zero-order chi connectivity index (χ0) is 14.3. The number of nitrogens with zero attached hydrogens (tertiary/aromatic N) is 1. The highest BCUT2D eigenvalue weighted by atomic mass is 32.1. The number of aromatic nitrogens is 2. The molecule has 3 aromatic rings. The lowest BCUT2D eigenvalue weighted by atomic mass is 10.1. The summed E-state index contributed by atoms with van der Waals surface area (Å²) in [7, 11) is 0. The number of aromatic amines is 1. The largest absolute Gasteiger partial charge is 0.331 e. The maximum absolute atomic E-state index is 12.6. The molecule has 0 saturated heterocycles. The summed E-state index contributed by atoms with van der Waals surface area (Å²) in [6, 6.07) is 13.4. The first kappa shape index (κ1) is 12.8. The van der Waals surface area contributed by atoms with Crippen LogP contribution in [0, 0.1) is 18.6 Å². The lowest BCUT2D eigenvalue weighted by molar-refractivity contribution is 0.936. The molecule has 0 aliphatic carbocycles. The summed E-state index contributed by atoms with van der Waals surface area (Å²) in [5.74, 6) is 0. The second-order valence-corrected chi connectivity index (χ2v) is 5.35. The van der Waals surface area contributed by atoms with Crippen LogP contribution in [0.15, 0.2) is 47.3 Å². The molecule has 0 fully saturated rings. The van der Waals surface area contributed by atoms with Crippen LogP contribution in [0.5, 0.6) is 0 Å². The Bertz CT molecular complexity index is 901. The number of aryl methyl sites for hydroxylation is 2. The third kappa shape index (κ3) is 2.08. The van der Waals surface area contributed by atoms with Crippen LogP contribution in [0.25, 0.3) is 16.6 Å². The topological polar surface area (TPSA) is 37.8 Å². The minimum absolute atomic E-state index is 0.0886. The van der Waals surface area contributed by atoms with E-state index in [2.05, 4.69) is 11.1 Å². The van der Waals surface area contributed by atoms with Crippen molar-refractivity contribution < 1.29 is 0 Å². The van der Waals surface area contributed by atoms with Crippen LogP contribution in [-0.4, -0.2) is 9.55 Å². The maximum Gasteiger partial charge on any atom is 0.266 e. The zero-order valence-electron chi connectivity index (χ0n) is 11.3. The van der Waals surface area contributed by atoms with Crippen LogP contribution in [0.4, 0.5) is 0 Å². The number of H-pyrrole nitrogens is 1. The molecular weight excluding hydrogens is 268 g/mol. The van der Waals surface area contributed by atoms with E-state index in [-0.39, 0.29) is 5.56 Å². The molecule has 3 nitrogen and oxygen atoms in total. The summed E-state index contributed by atoms with van der Waals surface area (Å²) >= 11 is 5.34. The first-order valence-corrected chi connectivity index (χ1v) is 6.80. The standard InChI is InChI=1S/C16H14N2OS/c1-10-7-11(2)9-12(8-10)18-15(19)13-5-3-4-6-14(13)17-16(18)20/h3-9H,1-2H3,(H,17,20). The van der Waals surface area contributed by atoms with E-state index in [1.807, 2.05) is 50.2 Å². The van der Waals surface area contributed by atoms with Crippen molar-refractivity contribution in [3.05, 3.63) is 68.7 Å². The van der Waals surface area contributed by atoms with Crippen LogP contribution >= 0.6 is 12.2 Å². The Morgan fingerprint density at radius 2 is 1.70 bits per heavy atom. The summed E-state index contributed by atoms with van der Waals surface area (Å²) in [4.78, 5) is 15.8. The normalized spacial score (nSPS) is 10.9. The molecule has 1 N–H and O–H groups in total. The Morgan fingerprint density at radius 3 is 2.40 bits per heavy atom. The SMILES string of the molecule is Cc1cc(C)cc(-n2c(=S)[nH]c3ccccc3c2=O)c1. The average Bonchev–Trinajstić information content (AvgIpc) is 2.37. The molecule has 1 aromatic heterocycles. The van der Waals surface area contributed by atoms with Crippen molar-refractivity contribution in [3.8, 4) is 5.69 Å². The summed E-state index contributed by atoms with van der Waals surface area (Å²) in [5.41, 5.74) is 3.70. The van der Waals surface area contributed by atoms with Gasteiger partial charge in [-0.25, -0.2) is 0 Å². The van der Waals surface area contributed by atoms with Gasteiger partial charge in [0, 0.05) is 0 Å². The van der Waals surface area contributed by atoms with Crippen molar-refractivity contribution >= 4 is 23.1 Å². The first-order valence-electron chi connectivity index (χ1n) is 6.39. The van der Waals surface area contributed by atoms with Gasteiger partial charge in [-0.15, -0.1) is 0 Å². The number of benzene rings is 2. The third-order valence-electron chi connectivity index (χ3n) is 3.27. The van der Waals surface area contributed by atoms with Gasteiger partial charge in [0.15, 0.2) is 4.77 Å². The fourth-order valence-electron chi connectivity index (χ4n) is 2.48. The van der Waals surface area contributed by atoms with Crippen LogP contribution < -0.4 is 5.56 Å². The van der Waals surface area contributed by atoms with Crippen molar-refractivity contribution in [2.75, 3.05) is 0 Å². The summed E-state index contributed by atoms with van der Waals surface area (Å²) in [6.45, 7) is 4.02. The van der Waals surface area contributed by atoms with Gasteiger partial charge in [-0.1, -0.05) is 18.2 Å². The molecule has 0 radical (unpaired) electrons. The number of rotatable bonds is 1. The molecule has 0 amide bonds. The summed E-state index contributed by atoms with van der Waals surface area (Å²) in [6.07, 6.45) is 0. The highest BCUT2D eigenvalue weighted by Crippen LogP contribution is 2.14. The van der Waals surface area contributed by atoms with Gasteiger partial charge in [-0.3, -0.25) is 9.36 Å². The van der Waals surface area contributed by atoms with E-state index in [1.54, 1.807) is 4.57 Å². The van der Waals surface area contributed by atoms with E-state index in [4.69, 9.17) is 12.2 Å². The molecule has 0 atom stereocenters. The van der Waals surface area contributed by atoms with Crippen LogP contribution in [0.2, 0.25) is 0 Å². The quantitative estimate of drug-likeness (QED) is 0.692. The fraction of sp³-hybridized carbons (Fsp3) is 0.125. The molecule has 100 valence electrons. The van der Waals surface area contributed by atoms with Crippen LogP contribution in [-0.2, 0) is 0 Å². The molecule has 0 aliphatic rings. The molecule has 3 rings (SSSR count). The van der Waals surface area contributed by atoms with Crippen molar-refractivity contribution in [3.63, 3.8) is 0 Å². The molecule has 0 unspecified atom stereocenters. The number of hydrogen-bond acceptors (Lipinski definition) is 2. The van der Waals surface area contributed by atoms with E-state index in [0.717, 1.165) is 22.3 Å². The second kappa shape index (κ2) is 4.72. The van der Waals surface area contributed by atoms with Crippen molar-refractivity contribution in [1.29, 1.82) is 0 Å². The van der Waals surface area contributed by atoms with E-state index >= 15 is 0 Å². The van der Waals surface area contributed by atoms with E-state index in [1.165, 1.54) is 0 Å². The smallest absolute Gasteiger partial charge is 0.266 e. The Kier molecular flexibility index (Phi) is 3.03. The minimum atomic E-state index is -0.0886. The van der Waals surface area contributed by atoms with E-state index < -0.39 is 0 Å². The van der Waals surface area contributed by atoms with Gasteiger partial charge >= 0.3 is 0 Å². The minimum Gasteiger partial charge on any atom is -0.331 e. The van der Waals surface area contributed by atoms with Crippen molar-refractivity contribution in [2.45, 2.75) is 13.8 Å². The lowest BCUT2D eigenvalue weighted by Crippen LogP contribution is -2.20. The van der Waals surface area contributed by atoms with Crippen LogP contribution in [0.1, 0.15) is 11.1 Å². The number of hydrogen-bond donors (Lipinski definition) is 1. The Morgan fingerprint density at radius 1 is 1.05 bits per heavy atom. The number of nitrogens with one attached hydrogen (secondary N) is 1. The first-order chi connectivity index (χ1) is 9.56. The predicted octanol–water partition coefficient (Wildman–Crippen LogP) is 3.67. The molecule has 0 saturated carbocycles. The van der Waals surface area contributed by atoms with Crippen molar-refractivity contribution in [1.82, 2.24) is 9.55 Å². The van der Waals surface area contributed by atoms with Crippen LogP contribution in [0.3, 0.4) is 0 Å². The van der Waals surface area contributed by atoms with Gasteiger partial charge < -0.3 is 4.98 Å². The van der Waals surface area contributed by atoms with Gasteiger partial charge in [-0.05, 0) is 61.5 Å². The molecule has 20 heavy (non-hydrogen) atoms. The Labute approximate surface area is 121 Å².